The number of carbonyl (C=O) groups excluding carboxylic acids is 1. The predicted octanol–water partition coefficient (Wildman–Crippen LogP) is 2.73. The molecule has 0 N–H and O–H groups in total. The number of urea groups is 1. The summed E-state index contributed by atoms with van der Waals surface area (Å²) in [7, 11) is -3.22. The number of nitriles is 1. The average molecular weight is 395 g/mol. The Morgan fingerprint density at radius 3 is 2.43 bits per heavy atom. The second-order valence-corrected chi connectivity index (χ2v) is 9.43. The first-order valence-corrected chi connectivity index (χ1v) is 11.1. The summed E-state index contributed by atoms with van der Waals surface area (Å²) in [6, 6.07) is 15.9. The Morgan fingerprint density at radius 1 is 1.07 bits per heavy atom. The first-order chi connectivity index (χ1) is 13.4. The molecule has 2 saturated heterocycles. The first kappa shape index (κ1) is 18.5. The zero-order valence-corrected chi connectivity index (χ0v) is 16.4. The molecule has 0 radical (unpaired) electrons. The van der Waals surface area contributed by atoms with Crippen LogP contribution in [0.1, 0.15) is 23.6 Å². The van der Waals surface area contributed by atoms with E-state index >= 15 is 0 Å². The van der Waals surface area contributed by atoms with Crippen molar-refractivity contribution in [1.82, 2.24) is 4.90 Å². The third-order valence-electron chi connectivity index (χ3n) is 5.58. The molecule has 6 nitrogen and oxygen atoms in total. The van der Waals surface area contributed by atoms with Gasteiger partial charge in [-0.15, -0.1) is 0 Å². The van der Waals surface area contributed by atoms with Crippen LogP contribution in [0.3, 0.4) is 0 Å². The molecule has 2 amide bonds. The number of fused-ring (bicyclic) bond motifs is 1. The largest absolute Gasteiger partial charge is 0.325 e. The molecule has 0 unspecified atom stereocenters. The lowest BCUT2D eigenvalue weighted by Crippen LogP contribution is -2.37. The minimum Gasteiger partial charge on any atom is -0.314 e. The van der Waals surface area contributed by atoms with E-state index in [1.54, 1.807) is 21.9 Å². The maximum absolute atomic E-state index is 13.3. The molecule has 0 bridgehead atoms. The Morgan fingerprint density at radius 2 is 1.75 bits per heavy atom. The van der Waals surface area contributed by atoms with Gasteiger partial charge in [0.05, 0.1) is 35.2 Å². The standard InChI is InChI=1S/C21H21N3O3S/c1-2-15-7-9-18(10-8-15)24-20-14-28(26,27)13-19(20)23(21(24)25)12-17-6-4-3-5-16(17)11-22/h3-10,19-20H,2,12-14H2,1H3/t19-,20+/m0/s1. The van der Waals surface area contributed by atoms with Crippen LogP contribution in [0.15, 0.2) is 48.5 Å². The molecule has 2 aromatic carbocycles. The fraction of sp³-hybridized carbons (Fsp3) is 0.333. The van der Waals surface area contributed by atoms with Crippen molar-refractivity contribution < 1.29 is 13.2 Å². The maximum atomic E-state index is 13.3. The quantitative estimate of drug-likeness (QED) is 0.746. The molecule has 2 fully saturated rings. The number of rotatable bonds is 4. The van der Waals surface area contributed by atoms with Crippen molar-refractivity contribution in [3.8, 4) is 6.07 Å². The normalized spacial score (nSPS) is 22.9. The third kappa shape index (κ3) is 3.14. The third-order valence-corrected chi connectivity index (χ3v) is 7.28. The summed E-state index contributed by atoms with van der Waals surface area (Å²) in [4.78, 5) is 16.5. The topological polar surface area (TPSA) is 81.5 Å². The van der Waals surface area contributed by atoms with Gasteiger partial charge in [0.1, 0.15) is 0 Å². The molecule has 4 rings (SSSR count). The van der Waals surface area contributed by atoms with Gasteiger partial charge < -0.3 is 4.90 Å². The van der Waals surface area contributed by atoms with Crippen LogP contribution in [0, 0.1) is 11.3 Å². The van der Waals surface area contributed by atoms with Crippen molar-refractivity contribution in [2.75, 3.05) is 16.4 Å². The zero-order valence-electron chi connectivity index (χ0n) is 15.6. The molecule has 28 heavy (non-hydrogen) atoms. The average Bonchev–Trinajstić information content (AvgIpc) is 3.12. The Bertz CT molecular complexity index is 1060. The second kappa shape index (κ2) is 6.95. The Kier molecular flexibility index (Phi) is 4.60. The van der Waals surface area contributed by atoms with Crippen LogP contribution in [0.2, 0.25) is 0 Å². The van der Waals surface area contributed by atoms with E-state index in [0.29, 0.717) is 11.3 Å². The first-order valence-electron chi connectivity index (χ1n) is 9.30. The minimum atomic E-state index is -3.22. The Hall–Kier alpha value is -2.85. The van der Waals surface area contributed by atoms with Crippen molar-refractivity contribution in [2.24, 2.45) is 0 Å². The molecule has 0 spiro atoms. The summed E-state index contributed by atoms with van der Waals surface area (Å²) in [6.45, 7) is 2.28. The molecule has 0 aliphatic carbocycles. The van der Waals surface area contributed by atoms with Gasteiger partial charge in [0, 0.05) is 12.2 Å². The van der Waals surface area contributed by atoms with Crippen molar-refractivity contribution in [3.05, 3.63) is 65.2 Å². The molecule has 2 heterocycles. The van der Waals surface area contributed by atoms with Crippen LogP contribution in [0.4, 0.5) is 10.5 Å². The number of nitrogens with zero attached hydrogens (tertiary/aromatic N) is 3. The van der Waals surface area contributed by atoms with Crippen LogP contribution >= 0.6 is 0 Å². The SMILES string of the molecule is CCc1ccc(N2C(=O)N(Cc3ccccc3C#N)[C@H]3CS(=O)(=O)C[C@H]32)cc1. The number of aryl methyl sites for hydroxylation is 1. The minimum absolute atomic E-state index is 0.0324. The summed E-state index contributed by atoms with van der Waals surface area (Å²) in [5, 5.41) is 9.35. The number of benzene rings is 2. The number of hydrogen-bond acceptors (Lipinski definition) is 4. The number of carbonyl (C=O) groups is 1. The van der Waals surface area contributed by atoms with Gasteiger partial charge in [-0.3, -0.25) is 4.90 Å². The molecular weight excluding hydrogens is 374 g/mol. The molecule has 7 heteroatoms. The fourth-order valence-corrected chi connectivity index (χ4v) is 6.06. The number of hydrogen-bond donors (Lipinski definition) is 0. The maximum Gasteiger partial charge on any atom is 0.325 e. The zero-order chi connectivity index (χ0) is 19.9. The van der Waals surface area contributed by atoms with E-state index in [4.69, 9.17) is 0 Å². The van der Waals surface area contributed by atoms with Crippen molar-refractivity contribution >= 4 is 21.6 Å². The molecule has 2 aliphatic rings. The van der Waals surface area contributed by atoms with Gasteiger partial charge in [-0.25, -0.2) is 13.2 Å². The van der Waals surface area contributed by atoms with E-state index in [0.717, 1.165) is 17.5 Å². The highest BCUT2D eigenvalue weighted by Crippen LogP contribution is 2.36. The molecule has 2 aromatic rings. The van der Waals surface area contributed by atoms with E-state index in [1.165, 1.54) is 0 Å². The van der Waals surface area contributed by atoms with Gasteiger partial charge in [-0.2, -0.15) is 5.26 Å². The highest BCUT2D eigenvalue weighted by molar-refractivity contribution is 7.91. The van der Waals surface area contributed by atoms with Crippen LogP contribution in [0.25, 0.3) is 0 Å². The van der Waals surface area contributed by atoms with Crippen molar-refractivity contribution in [1.29, 1.82) is 5.26 Å². The van der Waals surface area contributed by atoms with Crippen LogP contribution < -0.4 is 4.90 Å². The predicted molar refractivity (Wildman–Crippen MR) is 107 cm³/mol. The van der Waals surface area contributed by atoms with E-state index in [1.807, 2.05) is 36.4 Å². The summed E-state index contributed by atoms with van der Waals surface area (Å²) < 4.78 is 24.7. The van der Waals surface area contributed by atoms with Gasteiger partial charge in [0.15, 0.2) is 9.84 Å². The molecule has 0 aromatic heterocycles. The van der Waals surface area contributed by atoms with E-state index in [2.05, 4.69) is 13.0 Å². The fourth-order valence-electron chi connectivity index (χ4n) is 4.11. The van der Waals surface area contributed by atoms with Crippen LogP contribution in [0.5, 0.6) is 0 Å². The lowest BCUT2D eigenvalue weighted by molar-refractivity contribution is 0.206. The Labute approximate surface area is 164 Å². The van der Waals surface area contributed by atoms with E-state index in [-0.39, 0.29) is 24.1 Å². The van der Waals surface area contributed by atoms with E-state index < -0.39 is 21.9 Å². The summed E-state index contributed by atoms with van der Waals surface area (Å²) in [5.74, 6) is -0.0724. The highest BCUT2D eigenvalue weighted by atomic mass is 32.2. The van der Waals surface area contributed by atoms with Crippen LogP contribution in [-0.4, -0.2) is 42.9 Å². The second-order valence-electron chi connectivity index (χ2n) is 7.28. The monoisotopic (exact) mass is 395 g/mol. The van der Waals surface area contributed by atoms with E-state index in [9.17, 15) is 18.5 Å². The van der Waals surface area contributed by atoms with Gasteiger partial charge in [0.2, 0.25) is 0 Å². The number of anilines is 1. The van der Waals surface area contributed by atoms with Gasteiger partial charge in [-0.1, -0.05) is 37.3 Å². The highest BCUT2D eigenvalue weighted by Gasteiger charge is 2.53. The molecule has 2 aliphatic heterocycles. The molecule has 2 atom stereocenters. The number of amides is 2. The van der Waals surface area contributed by atoms with Gasteiger partial charge >= 0.3 is 6.03 Å². The molecule has 0 saturated carbocycles. The van der Waals surface area contributed by atoms with Gasteiger partial charge in [-0.05, 0) is 35.7 Å². The molecule has 144 valence electrons. The number of sulfone groups is 1. The van der Waals surface area contributed by atoms with Crippen molar-refractivity contribution in [3.63, 3.8) is 0 Å². The van der Waals surface area contributed by atoms with Crippen LogP contribution in [-0.2, 0) is 22.8 Å². The lowest BCUT2D eigenvalue weighted by Gasteiger charge is -2.23. The molecular formula is C21H21N3O3S. The van der Waals surface area contributed by atoms with Gasteiger partial charge in [0.25, 0.3) is 0 Å². The smallest absolute Gasteiger partial charge is 0.314 e. The lowest BCUT2D eigenvalue weighted by atomic mass is 10.1. The Balaban J connectivity index is 1.71. The van der Waals surface area contributed by atoms with Crippen molar-refractivity contribution in [2.45, 2.75) is 32.0 Å². The summed E-state index contributed by atoms with van der Waals surface area (Å²) in [6.07, 6.45) is 0.895. The summed E-state index contributed by atoms with van der Waals surface area (Å²) in [5.41, 5.74) is 3.10. The summed E-state index contributed by atoms with van der Waals surface area (Å²) >= 11 is 0.